The Labute approximate surface area is 47.9 Å². The smallest absolute Gasteiger partial charge is 0.272 e. The van der Waals surface area contributed by atoms with Crippen molar-refractivity contribution in [3.8, 4) is 0 Å². The van der Waals surface area contributed by atoms with Gasteiger partial charge in [0.25, 0.3) is 5.24 Å². The molecule has 0 saturated carbocycles. The molecule has 0 fully saturated rings. The number of amides is 1. The summed E-state index contributed by atoms with van der Waals surface area (Å²) in [4.78, 5) is 10.0. The van der Waals surface area contributed by atoms with Crippen molar-refractivity contribution in [1.82, 2.24) is 5.01 Å². The standard InChI is InChI=1S/C3H8N2OS/c1-2-5(4)3(6)7/h2,4H2,1H3,(H,6,7). The second kappa shape index (κ2) is 2.87. The predicted octanol–water partition coefficient (Wildman–Crippen LogP) is 0.232. The molecule has 2 N–H and O–H groups in total. The predicted molar refractivity (Wildman–Crippen MR) is 30.9 cm³/mol. The van der Waals surface area contributed by atoms with E-state index in [0.717, 1.165) is 5.01 Å². The van der Waals surface area contributed by atoms with E-state index < -0.39 is 5.24 Å². The molecule has 0 unspecified atom stereocenters. The summed E-state index contributed by atoms with van der Waals surface area (Å²) < 4.78 is 0. The fourth-order valence-electron chi connectivity index (χ4n) is 0.135. The first-order chi connectivity index (χ1) is 3.18. The highest BCUT2D eigenvalue weighted by atomic mass is 32.1. The summed E-state index contributed by atoms with van der Waals surface area (Å²) in [6.07, 6.45) is 0. The van der Waals surface area contributed by atoms with Crippen molar-refractivity contribution in [2.75, 3.05) is 6.54 Å². The van der Waals surface area contributed by atoms with E-state index in [9.17, 15) is 4.79 Å². The first-order valence-electron chi connectivity index (χ1n) is 1.93. The molecule has 0 rings (SSSR count). The maximum absolute atomic E-state index is 10.0. The van der Waals surface area contributed by atoms with Gasteiger partial charge in [-0.25, -0.2) is 5.84 Å². The maximum Gasteiger partial charge on any atom is 0.292 e. The largest absolute Gasteiger partial charge is 0.292 e. The van der Waals surface area contributed by atoms with Crippen molar-refractivity contribution in [1.29, 1.82) is 0 Å². The van der Waals surface area contributed by atoms with Gasteiger partial charge in [0.15, 0.2) is 0 Å². The average Bonchev–Trinajstić information content (AvgIpc) is 1.65. The summed E-state index contributed by atoms with van der Waals surface area (Å²) in [6, 6.07) is 0. The van der Waals surface area contributed by atoms with Crippen LogP contribution in [0.25, 0.3) is 0 Å². The zero-order chi connectivity index (χ0) is 5.86. The minimum atomic E-state index is -0.400. The molecule has 4 heteroatoms. The quantitative estimate of drug-likeness (QED) is 0.225. The van der Waals surface area contributed by atoms with Crippen LogP contribution < -0.4 is 5.84 Å². The second-order valence-corrected chi connectivity index (χ2v) is 1.45. The molecule has 7 heavy (non-hydrogen) atoms. The molecular weight excluding hydrogens is 112 g/mol. The monoisotopic (exact) mass is 120 g/mol. The van der Waals surface area contributed by atoms with E-state index >= 15 is 0 Å². The fraction of sp³-hybridized carbons (Fsp3) is 0.667. The van der Waals surface area contributed by atoms with Crippen molar-refractivity contribution in [2.45, 2.75) is 6.92 Å². The van der Waals surface area contributed by atoms with E-state index in [4.69, 9.17) is 5.84 Å². The second-order valence-electron chi connectivity index (χ2n) is 1.07. The number of thiol groups is 1. The highest BCUT2D eigenvalue weighted by molar-refractivity contribution is 7.96. The molecule has 0 radical (unpaired) electrons. The molecule has 0 aromatic carbocycles. The van der Waals surface area contributed by atoms with Gasteiger partial charge < -0.3 is 0 Å². The molecule has 0 heterocycles. The van der Waals surface area contributed by atoms with Gasteiger partial charge in [0.1, 0.15) is 0 Å². The molecule has 0 aromatic heterocycles. The zero-order valence-electron chi connectivity index (χ0n) is 4.09. The summed E-state index contributed by atoms with van der Waals surface area (Å²) >= 11 is 3.44. The van der Waals surface area contributed by atoms with Crippen LogP contribution in [0.15, 0.2) is 0 Å². The Hall–Kier alpha value is -0.220. The number of rotatable bonds is 1. The number of carbonyl (C=O) groups excluding carboxylic acids is 1. The third-order valence-corrected chi connectivity index (χ3v) is 0.843. The number of hydrazine groups is 1. The van der Waals surface area contributed by atoms with Crippen LogP contribution >= 0.6 is 12.6 Å². The highest BCUT2D eigenvalue weighted by Crippen LogP contribution is 1.84. The van der Waals surface area contributed by atoms with Crippen LogP contribution in [-0.4, -0.2) is 16.8 Å². The van der Waals surface area contributed by atoms with Crippen LogP contribution in [0.5, 0.6) is 0 Å². The Morgan fingerprint density at radius 3 is 2.43 bits per heavy atom. The third-order valence-electron chi connectivity index (χ3n) is 0.586. The first-order valence-corrected chi connectivity index (χ1v) is 2.38. The average molecular weight is 120 g/mol. The van der Waals surface area contributed by atoms with E-state index in [-0.39, 0.29) is 0 Å². The van der Waals surface area contributed by atoms with Gasteiger partial charge >= 0.3 is 0 Å². The van der Waals surface area contributed by atoms with Crippen LogP contribution in [-0.2, 0) is 0 Å². The Bertz CT molecular complexity index is 75.3. The van der Waals surface area contributed by atoms with E-state index in [2.05, 4.69) is 12.6 Å². The molecule has 1 amide bonds. The van der Waals surface area contributed by atoms with Crippen molar-refractivity contribution < 1.29 is 4.79 Å². The Morgan fingerprint density at radius 1 is 2.00 bits per heavy atom. The van der Waals surface area contributed by atoms with E-state index in [1.165, 1.54) is 0 Å². The van der Waals surface area contributed by atoms with Gasteiger partial charge in [-0.15, -0.1) is 0 Å². The normalized spacial score (nSPS) is 8.43. The Balaban J connectivity index is 3.34. The van der Waals surface area contributed by atoms with Gasteiger partial charge in [-0.2, -0.15) is 0 Å². The topological polar surface area (TPSA) is 46.3 Å². The number of hydrogen-bond acceptors (Lipinski definition) is 2. The minimum absolute atomic E-state index is 0.400. The Morgan fingerprint density at radius 2 is 2.43 bits per heavy atom. The lowest BCUT2D eigenvalue weighted by molar-refractivity contribution is 0.227. The molecule has 0 aliphatic carbocycles. The molecule has 0 atom stereocenters. The molecule has 3 nitrogen and oxygen atoms in total. The SMILES string of the molecule is CCN(N)C(=O)S. The van der Waals surface area contributed by atoms with Gasteiger partial charge in [0, 0.05) is 6.54 Å². The van der Waals surface area contributed by atoms with Gasteiger partial charge in [-0.3, -0.25) is 9.80 Å². The van der Waals surface area contributed by atoms with E-state index in [0.29, 0.717) is 6.54 Å². The van der Waals surface area contributed by atoms with Gasteiger partial charge in [-0.1, -0.05) is 12.6 Å². The summed E-state index contributed by atoms with van der Waals surface area (Å²) in [5, 5.41) is 0.617. The minimum Gasteiger partial charge on any atom is -0.272 e. The third kappa shape index (κ3) is 2.47. The summed E-state index contributed by atoms with van der Waals surface area (Å²) in [7, 11) is 0. The van der Waals surface area contributed by atoms with Crippen LogP contribution in [0.4, 0.5) is 4.79 Å². The number of carbonyl (C=O) groups is 1. The van der Waals surface area contributed by atoms with Crippen LogP contribution in [0, 0.1) is 0 Å². The molecule has 42 valence electrons. The van der Waals surface area contributed by atoms with Crippen molar-refractivity contribution in [3.05, 3.63) is 0 Å². The summed E-state index contributed by atoms with van der Waals surface area (Å²) in [5.41, 5.74) is 0. The van der Waals surface area contributed by atoms with Gasteiger partial charge in [-0.05, 0) is 6.92 Å². The zero-order valence-corrected chi connectivity index (χ0v) is 4.98. The van der Waals surface area contributed by atoms with Gasteiger partial charge in [0.2, 0.25) is 0 Å². The summed E-state index contributed by atoms with van der Waals surface area (Å²) in [5.74, 6) is 5.02. The lowest BCUT2D eigenvalue weighted by Crippen LogP contribution is -2.32. The number of nitrogens with zero attached hydrogens (tertiary/aromatic N) is 1. The molecular formula is C3H8N2OS. The van der Waals surface area contributed by atoms with Crippen LogP contribution in [0.1, 0.15) is 6.92 Å². The van der Waals surface area contributed by atoms with Crippen LogP contribution in [0.2, 0.25) is 0 Å². The number of nitrogens with two attached hydrogens (primary N) is 1. The van der Waals surface area contributed by atoms with Crippen molar-refractivity contribution >= 4 is 17.9 Å². The van der Waals surface area contributed by atoms with Crippen molar-refractivity contribution in [3.63, 3.8) is 0 Å². The molecule has 0 bridgehead atoms. The Kier molecular flexibility index (Phi) is 2.78. The summed E-state index contributed by atoms with van der Waals surface area (Å²) in [6.45, 7) is 2.27. The molecule has 0 spiro atoms. The van der Waals surface area contributed by atoms with Crippen molar-refractivity contribution in [2.24, 2.45) is 5.84 Å². The number of hydrogen-bond donors (Lipinski definition) is 2. The van der Waals surface area contributed by atoms with Crippen LogP contribution in [0.3, 0.4) is 0 Å². The first kappa shape index (κ1) is 6.78. The maximum atomic E-state index is 10.0. The molecule has 0 aliphatic heterocycles. The molecule has 0 aromatic rings. The van der Waals surface area contributed by atoms with Gasteiger partial charge in [0.05, 0.1) is 0 Å². The fourth-order valence-corrected chi connectivity index (χ4v) is 0.277. The highest BCUT2D eigenvalue weighted by Gasteiger charge is 1.95. The van der Waals surface area contributed by atoms with E-state index in [1.807, 2.05) is 0 Å². The lowest BCUT2D eigenvalue weighted by Gasteiger charge is -2.07. The molecule has 0 aliphatic rings. The molecule has 0 saturated heterocycles. The van der Waals surface area contributed by atoms with E-state index in [1.54, 1.807) is 6.92 Å². The lowest BCUT2D eigenvalue weighted by atomic mass is 10.7.